The van der Waals surface area contributed by atoms with Gasteiger partial charge in [0.15, 0.2) is 0 Å². The Morgan fingerprint density at radius 2 is 2.00 bits per heavy atom. The van der Waals surface area contributed by atoms with Crippen LogP contribution in [0.4, 0.5) is 0 Å². The van der Waals surface area contributed by atoms with E-state index in [9.17, 15) is 4.79 Å². The average Bonchev–Trinajstić information content (AvgIpc) is 2.62. The second-order valence-electron chi connectivity index (χ2n) is 4.41. The lowest BCUT2D eigenvalue weighted by atomic mass is 10.0. The van der Waals surface area contributed by atoms with Gasteiger partial charge >= 0.3 is 5.97 Å². The van der Waals surface area contributed by atoms with Gasteiger partial charge in [-0.15, -0.1) is 0 Å². The predicted octanol–water partition coefficient (Wildman–Crippen LogP) is 1.36. The van der Waals surface area contributed by atoms with E-state index in [0.717, 1.165) is 18.4 Å². The highest BCUT2D eigenvalue weighted by atomic mass is 16.4. The van der Waals surface area contributed by atoms with E-state index in [-0.39, 0.29) is 0 Å². The number of carbonyl (C=O) groups is 1. The number of carboxylic acid groups (broad SMARTS) is 1. The minimum absolute atomic E-state index is 0.805. The zero-order valence-electron chi connectivity index (χ0n) is 8.35. The van der Waals surface area contributed by atoms with Gasteiger partial charge in [0, 0.05) is 25.7 Å². The Balaban J connectivity index is 1.76. The number of carboxylic acids is 1. The van der Waals surface area contributed by atoms with Crippen molar-refractivity contribution in [2.24, 2.45) is 11.8 Å². The third kappa shape index (κ3) is 2.15. The summed E-state index contributed by atoms with van der Waals surface area (Å²) in [4.78, 5) is 12.6. The SMILES string of the molecule is O=C(O)/C=C/CN1CC2CCCC2C1. The lowest BCUT2D eigenvalue weighted by molar-refractivity contribution is -0.131. The minimum Gasteiger partial charge on any atom is -0.478 e. The Morgan fingerprint density at radius 3 is 2.57 bits per heavy atom. The Morgan fingerprint density at radius 1 is 1.36 bits per heavy atom. The lowest BCUT2D eigenvalue weighted by Gasteiger charge is -2.13. The second-order valence-corrected chi connectivity index (χ2v) is 4.41. The van der Waals surface area contributed by atoms with Gasteiger partial charge in [-0.25, -0.2) is 4.79 Å². The Hall–Kier alpha value is -0.830. The number of hydrogen-bond acceptors (Lipinski definition) is 2. The van der Waals surface area contributed by atoms with Crippen LogP contribution in [0.15, 0.2) is 12.2 Å². The van der Waals surface area contributed by atoms with Crippen LogP contribution in [0.1, 0.15) is 19.3 Å². The molecule has 0 bridgehead atoms. The van der Waals surface area contributed by atoms with E-state index in [1.165, 1.54) is 38.4 Å². The largest absolute Gasteiger partial charge is 0.478 e. The van der Waals surface area contributed by atoms with Crippen LogP contribution in [0.25, 0.3) is 0 Å². The third-order valence-electron chi connectivity index (χ3n) is 3.43. The maximum Gasteiger partial charge on any atom is 0.328 e. The van der Waals surface area contributed by atoms with Crippen LogP contribution in [0.3, 0.4) is 0 Å². The number of likely N-dealkylation sites (tertiary alicyclic amines) is 1. The van der Waals surface area contributed by atoms with Gasteiger partial charge in [-0.1, -0.05) is 12.5 Å². The molecule has 1 saturated carbocycles. The minimum atomic E-state index is -0.843. The van der Waals surface area contributed by atoms with Crippen molar-refractivity contribution in [3.05, 3.63) is 12.2 Å². The third-order valence-corrected chi connectivity index (χ3v) is 3.43. The van der Waals surface area contributed by atoms with Gasteiger partial charge in [0.05, 0.1) is 0 Å². The molecule has 0 aromatic rings. The van der Waals surface area contributed by atoms with Gasteiger partial charge in [0.1, 0.15) is 0 Å². The Kier molecular flexibility index (Phi) is 2.87. The molecule has 2 fully saturated rings. The van der Waals surface area contributed by atoms with Gasteiger partial charge in [-0.05, 0) is 24.7 Å². The fourth-order valence-corrected chi connectivity index (χ4v) is 2.78. The molecule has 2 rings (SSSR count). The quantitative estimate of drug-likeness (QED) is 0.691. The summed E-state index contributed by atoms with van der Waals surface area (Å²) >= 11 is 0. The van der Waals surface area contributed by atoms with Crippen LogP contribution in [-0.2, 0) is 4.79 Å². The summed E-state index contributed by atoms with van der Waals surface area (Å²) in [6.45, 7) is 3.16. The van der Waals surface area contributed by atoms with E-state index < -0.39 is 5.97 Å². The molecule has 1 heterocycles. The molecule has 2 aliphatic rings. The molecule has 1 aliphatic carbocycles. The highest BCUT2D eigenvalue weighted by Crippen LogP contribution is 2.37. The zero-order chi connectivity index (χ0) is 9.97. The first-order valence-electron chi connectivity index (χ1n) is 5.37. The molecule has 0 aromatic heterocycles. The molecule has 0 spiro atoms. The topological polar surface area (TPSA) is 40.5 Å². The van der Waals surface area contributed by atoms with Crippen LogP contribution in [-0.4, -0.2) is 35.6 Å². The van der Waals surface area contributed by atoms with Crippen molar-refractivity contribution in [2.45, 2.75) is 19.3 Å². The van der Waals surface area contributed by atoms with Crippen LogP contribution in [0.2, 0.25) is 0 Å². The standard InChI is InChI=1S/C11H17NO2/c13-11(14)5-2-6-12-7-9-3-1-4-10(9)8-12/h2,5,9-10H,1,3-4,6-8H2,(H,13,14)/b5-2+. The summed E-state index contributed by atoms with van der Waals surface area (Å²) in [6.07, 6.45) is 7.15. The maximum absolute atomic E-state index is 10.3. The molecule has 3 nitrogen and oxygen atoms in total. The van der Waals surface area contributed by atoms with Crippen molar-refractivity contribution in [1.82, 2.24) is 4.90 Å². The molecule has 2 unspecified atom stereocenters. The zero-order valence-corrected chi connectivity index (χ0v) is 8.35. The van der Waals surface area contributed by atoms with Gasteiger partial charge in [-0.3, -0.25) is 4.90 Å². The lowest BCUT2D eigenvalue weighted by Crippen LogP contribution is -2.21. The molecule has 1 saturated heterocycles. The average molecular weight is 195 g/mol. The van der Waals surface area contributed by atoms with Gasteiger partial charge in [0.2, 0.25) is 0 Å². The summed E-state index contributed by atoms with van der Waals surface area (Å²) in [5.41, 5.74) is 0. The van der Waals surface area contributed by atoms with Crippen molar-refractivity contribution < 1.29 is 9.90 Å². The molecular weight excluding hydrogens is 178 g/mol. The Bertz CT molecular complexity index is 238. The summed E-state index contributed by atoms with van der Waals surface area (Å²) in [5, 5.41) is 8.44. The highest BCUT2D eigenvalue weighted by Gasteiger charge is 2.35. The Labute approximate surface area is 84.4 Å². The van der Waals surface area contributed by atoms with Crippen LogP contribution in [0, 0.1) is 11.8 Å². The first-order chi connectivity index (χ1) is 6.75. The second kappa shape index (κ2) is 4.13. The normalized spacial score (nSPS) is 32.6. The number of hydrogen-bond donors (Lipinski definition) is 1. The molecule has 1 N–H and O–H groups in total. The molecule has 78 valence electrons. The predicted molar refractivity (Wildman–Crippen MR) is 54.0 cm³/mol. The van der Waals surface area contributed by atoms with Gasteiger partial charge in [0.25, 0.3) is 0 Å². The molecule has 0 radical (unpaired) electrons. The fourth-order valence-electron chi connectivity index (χ4n) is 2.78. The molecule has 1 aliphatic heterocycles. The fraction of sp³-hybridized carbons (Fsp3) is 0.727. The summed E-state index contributed by atoms with van der Waals surface area (Å²) < 4.78 is 0. The number of rotatable bonds is 3. The number of fused-ring (bicyclic) bond motifs is 1. The monoisotopic (exact) mass is 195 g/mol. The number of nitrogens with zero attached hydrogens (tertiary/aromatic N) is 1. The first-order valence-corrected chi connectivity index (χ1v) is 5.37. The summed E-state index contributed by atoms with van der Waals surface area (Å²) in [7, 11) is 0. The van der Waals surface area contributed by atoms with Crippen molar-refractivity contribution in [3.8, 4) is 0 Å². The van der Waals surface area contributed by atoms with Gasteiger partial charge < -0.3 is 5.11 Å². The maximum atomic E-state index is 10.3. The van der Waals surface area contributed by atoms with E-state index in [1.54, 1.807) is 6.08 Å². The molecule has 3 heteroatoms. The van der Waals surface area contributed by atoms with E-state index in [4.69, 9.17) is 5.11 Å². The van der Waals surface area contributed by atoms with E-state index in [0.29, 0.717) is 0 Å². The van der Waals surface area contributed by atoms with Crippen LogP contribution < -0.4 is 0 Å². The van der Waals surface area contributed by atoms with Gasteiger partial charge in [-0.2, -0.15) is 0 Å². The van der Waals surface area contributed by atoms with Crippen LogP contribution in [0.5, 0.6) is 0 Å². The van der Waals surface area contributed by atoms with Crippen molar-refractivity contribution in [1.29, 1.82) is 0 Å². The molecule has 2 atom stereocenters. The van der Waals surface area contributed by atoms with E-state index >= 15 is 0 Å². The van der Waals surface area contributed by atoms with Crippen molar-refractivity contribution >= 4 is 5.97 Å². The highest BCUT2D eigenvalue weighted by molar-refractivity contribution is 5.79. The van der Waals surface area contributed by atoms with E-state index in [2.05, 4.69) is 4.90 Å². The summed E-state index contributed by atoms with van der Waals surface area (Å²) in [5.74, 6) is 0.950. The molecule has 0 amide bonds. The number of aliphatic carboxylic acids is 1. The first kappa shape index (κ1) is 9.71. The van der Waals surface area contributed by atoms with Crippen LogP contribution >= 0.6 is 0 Å². The van der Waals surface area contributed by atoms with Crippen molar-refractivity contribution in [2.75, 3.05) is 19.6 Å². The van der Waals surface area contributed by atoms with E-state index in [1.807, 2.05) is 0 Å². The molecule has 0 aromatic carbocycles. The molecular formula is C11H17NO2. The smallest absolute Gasteiger partial charge is 0.328 e. The summed E-state index contributed by atoms with van der Waals surface area (Å²) in [6, 6.07) is 0. The molecule has 14 heavy (non-hydrogen) atoms. The van der Waals surface area contributed by atoms with Crippen molar-refractivity contribution in [3.63, 3.8) is 0 Å².